The molecule has 1 rings (SSSR count). The van der Waals surface area contributed by atoms with Gasteiger partial charge in [-0.1, -0.05) is 19.8 Å². The van der Waals surface area contributed by atoms with Crippen LogP contribution in [0, 0.1) is 0 Å². The summed E-state index contributed by atoms with van der Waals surface area (Å²) in [5.41, 5.74) is 0. The van der Waals surface area contributed by atoms with Gasteiger partial charge in [-0.15, -0.1) is 5.10 Å². The molecule has 11 heavy (non-hydrogen) atoms. The number of nitrogens with zero attached hydrogens (tertiary/aromatic N) is 2. The second kappa shape index (κ2) is 4.71. The Labute approximate surface area is 66.0 Å². The first-order valence-corrected chi connectivity index (χ1v) is 3.92. The van der Waals surface area contributed by atoms with Crippen molar-refractivity contribution in [3.05, 3.63) is 6.20 Å². The fourth-order valence-electron chi connectivity index (χ4n) is 0.789. The summed E-state index contributed by atoms with van der Waals surface area (Å²) in [5.74, 6) is 0.584. The maximum absolute atomic E-state index is 5.24. The Hall–Kier alpha value is -1.06. The zero-order valence-corrected chi connectivity index (χ0v) is 6.71. The predicted octanol–water partition coefficient (Wildman–Crippen LogP) is 1.37. The van der Waals surface area contributed by atoms with E-state index in [-0.39, 0.29) is 0 Å². The number of hydrogen-bond donors (Lipinski definition) is 1. The van der Waals surface area contributed by atoms with E-state index in [2.05, 4.69) is 22.3 Å². The van der Waals surface area contributed by atoms with Crippen LogP contribution < -0.4 is 4.74 Å². The van der Waals surface area contributed by atoms with Gasteiger partial charge in [0.15, 0.2) is 0 Å². The molecule has 0 aromatic carbocycles. The van der Waals surface area contributed by atoms with Crippen molar-refractivity contribution < 1.29 is 4.74 Å². The van der Waals surface area contributed by atoms with E-state index in [0.29, 0.717) is 5.88 Å². The van der Waals surface area contributed by atoms with Crippen LogP contribution in [-0.2, 0) is 0 Å². The standard InChI is InChI=1S/C7H13N3O/c1-2-3-4-5-11-7-6-8-10-9-7/h6H,2-5H2,1H3,(H,8,9,10). The molecule has 0 fully saturated rings. The van der Waals surface area contributed by atoms with E-state index >= 15 is 0 Å². The van der Waals surface area contributed by atoms with E-state index in [9.17, 15) is 0 Å². The molecule has 1 N–H and O–H groups in total. The number of nitrogens with one attached hydrogen (secondary N) is 1. The molecule has 4 nitrogen and oxygen atoms in total. The third kappa shape index (κ3) is 3.02. The molecule has 0 amide bonds. The zero-order valence-electron chi connectivity index (χ0n) is 6.71. The third-order valence-electron chi connectivity index (χ3n) is 1.39. The van der Waals surface area contributed by atoms with Crippen molar-refractivity contribution in [2.24, 2.45) is 0 Å². The number of rotatable bonds is 5. The van der Waals surface area contributed by atoms with Crippen LogP contribution in [0.5, 0.6) is 5.88 Å². The van der Waals surface area contributed by atoms with Gasteiger partial charge < -0.3 is 4.74 Å². The molecule has 0 radical (unpaired) electrons. The molecular weight excluding hydrogens is 142 g/mol. The molecule has 0 aliphatic carbocycles. The maximum atomic E-state index is 5.24. The first-order valence-electron chi connectivity index (χ1n) is 3.92. The lowest BCUT2D eigenvalue weighted by Crippen LogP contribution is -1.96. The summed E-state index contributed by atoms with van der Waals surface area (Å²) in [6, 6.07) is 0. The minimum atomic E-state index is 0.584. The van der Waals surface area contributed by atoms with Gasteiger partial charge in [0.1, 0.15) is 6.20 Å². The van der Waals surface area contributed by atoms with Gasteiger partial charge >= 0.3 is 0 Å². The number of hydrogen-bond acceptors (Lipinski definition) is 3. The number of H-pyrrole nitrogens is 1. The lowest BCUT2D eigenvalue weighted by Gasteiger charge is -1.99. The molecule has 0 aliphatic heterocycles. The highest BCUT2D eigenvalue weighted by Crippen LogP contribution is 2.01. The van der Waals surface area contributed by atoms with Gasteiger partial charge in [-0.2, -0.15) is 10.3 Å². The molecular formula is C7H13N3O. The Morgan fingerprint density at radius 3 is 3.09 bits per heavy atom. The van der Waals surface area contributed by atoms with Crippen molar-refractivity contribution in [3.8, 4) is 5.88 Å². The van der Waals surface area contributed by atoms with Crippen LogP contribution >= 0.6 is 0 Å². The van der Waals surface area contributed by atoms with Crippen LogP contribution in [0.25, 0.3) is 0 Å². The highest BCUT2D eigenvalue weighted by atomic mass is 16.5. The van der Waals surface area contributed by atoms with E-state index in [1.807, 2.05) is 0 Å². The number of aromatic amines is 1. The average molecular weight is 155 g/mol. The van der Waals surface area contributed by atoms with Gasteiger partial charge in [0, 0.05) is 0 Å². The molecule has 0 unspecified atom stereocenters. The first kappa shape index (κ1) is 8.04. The second-order valence-electron chi connectivity index (χ2n) is 2.36. The van der Waals surface area contributed by atoms with Crippen molar-refractivity contribution in [2.45, 2.75) is 26.2 Å². The summed E-state index contributed by atoms with van der Waals surface area (Å²) in [4.78, 5) is 0. The number of aromatic nitrogens is 3. The van der Waals surface area contributed by atoms with Gasteiger partial charge in [0.25, 0.3) is 5.88 Å². The van der Waals surface area contributed by atoms with Crippen molar-refractivity contribution >= 4 is 0 Å². The summed E-state index contributed by atoms with van der Waals surface area (Å²) in [7, 11) is 0. The topological polar surface area (TPSA) is 50.8 Å². The quantitative estimate of drug-likeness (QED) is 0.653. The molecule has 0 saturated carbocycles. The summed E-state index contributed by atoms with van der Waals surface area (Å²) in [5, 5.41) is 9.86. The van der Waals surface area contributed by atoms with Crippen molar-refractivity contribution in [1.82, 2.24) is 15.4 Å². The molecule has 0 bridgehead atoms. The lowest BCUT2D eigenvalue weighted by atomic mass is 10.3. The Morgan fingerprint density at radius 1 is 1.55 bits per heavy atom. The molecule has 0 spiro atoms. The number of unbranched alkanes of at least 4 members (excludes halogenated alkanes) is 2. The van der Waals surface area contributed by atoms with Crippen LogP contribution in [0.2, 0.25) is 0 Å². The molecule has 0 saturated heterocycles. The van der Waals surface area contributed by atoms with Crippen molar-refractivity contribution in [1.29, 1.82) is 0 Å². The molecule has 0 aliphatic rings. The van der Waals surface area contributed by atoms with Crippen molar-refractivity contribution in [3.63, 3.8) is 0 Å². The second-order valence-corrected chi connectivity index (χ2v) is 2.36. The summed E-state index contributed by atoms with van der Waals surface area (Å²) in [6.07, 6.45) is 5.08. The molecule has 0 atom stereocenters. The smallest absolute Gasteiger partial charge is 0.253 e. The van der Waals surface area contributed by atoms with Crippen LogP contribution in [0.15, 0.2) is 6.20 Å². The molecule has 1 aromatic heterocycles. The van der Waals surface area contributed by atoms with E-state index < -0.39 is 0 Å². The van der Waals surface area contributed by atoms with Crippen LogP contribution in [-0.4, -0.2) is 22.0 Å². The minimum Gasteiger partial charge on any atom is -0.475 e. The maximum Gasteiger partial charge on any atom is 0.253 e. The highest BCUT2D eigenvalue weighted by Gasteiger charge is 1.93. The lowest BCUT2D eigenvalue weighted by molar-refractivity contribution is 0.294. The molecule has 62 valence electrons. The van der Waals surface area contributed by atoms with Gasteiger partial charge in [-0.3, -0.25) is 0 Å². The minimum absolute atomic E-state index is 0.584. The predicted molar refractivity (Wildman–Crippen MR) is 41.4 cm³/mol. The van der Waals surface area contributed by atoms with Crippen LogP contribution in [0.1, 0.15) is 26.2 Å². The van der Waals surface area contributed by atoms with Gasteiger partial charge in [0.05, 0.1) is 6.61 Å². The summed E-state index contributed by atoms with van der Waals surface area (Å²) < 4.78 is 5.24. The molecule has 4 heteroatoms. The van der Waals surface area contributed by atoms with E-state index in [4.69, 9.17) is 4.74 Å². The van der Waals surface area contributed by atoms with E-state index in [1.165, 1.54) is 12.8 Å². The fraction of sp³-hybridized carbons (Fsp3) is 0.714. The normalized spacial score (nSPS) is 9.91. The Kier molecular flexibility index (Phi) is 3.44. The average Bonchev–Trinajstić information content (AvgIpc) is 2.50. The van der Waals surface area contributed by atoms with Crippen LogP contribution in [0.3, 0.4) is 0 Å². The van der Waals surface area contributed by atoms with E-state index in [1.54, 1.807) is 6.20 Å². The summed E-state index contributed by atoms with van der Waals surface area (Å²) >= 11 is 0. The monoisotopic (exact) mass is 155 g/mol. The Morgan fingerprint density at radius 2 is 2.45 bits per heavy atom. The van der Waals surface area contributed by atoms with Gasteiger partial charge in [-0.05, 0) is 6.42 Å². The van der Waals surface area contributed by atoms with Crippen molar-refractivity contribution in [2.75, 3.05) is 6.61 Å². The van der Waals surface area contributed by atoms with Gasteiger partial charge in [-0.25, -0.2) is 0 Å². The molecule has 1 aromatic rings. The largest absolute Gasteiger partial charge is 0.475 e. The Balaban J connectivity index is 2.04. The SMILES string of the molecule is CCCCCOc1cn[nH]n1. The zero-order chi connectivity index (χ0) is 7.94. The fourth-order valence-corrected chi connectivity index (χ4v) is 0.789. The molecule has 1 heterocycles. The Bertz CT molecular complexity index is 174. The highest BCUT2D eigenvalue weighted by molar-refractivity contribution is 4.96. The third-order valence-corrected chi connectivity index (χ3v) is 1.39. The van der Waals surface area contributed by atoms with E-state index in [0.717, 1.165) is 13.0 Å². The first-order chi connectivity index (χ1) is 5.43. The summed E-state index contributed by atoms with van der Waals surface area (Å²) in [6.45, 7) is 2.90. The van der Waals surface area contributed by atoms with Gasteiger partial charge in [0.2, 0.25) is 0 Å². The van der Waals surface area contributed by atoms with Crippen LogP contribution in [0.4, 0.5) is 0 Å². The number of ether oxygens (including phenoxy) is 1.